The Labute approximate surface area is 49.3 Å². The van der Waals surface area contributed by atoms with Crippen LogP contribution in [0, 0.1) is 35.5 Å². The van der Waals surface area contributed by atoms with Gasteiger partial charge in [-0.15, -0.1) is 11.8 Å². The van der Waals surface area contributed by atoms with Crippen molar-refractivity contribution in [3.05, 3.63) is 0 Å². The van der Waals surface area contributed by atoms with Crippen LogP contribution in [0.2, 0.25) is 0 Å². The van der Waals surface area contributed by atoms with E-state index in [1.807, 2.05) is 0 Å². The second-order valence-electron chi connectivity index (χ2n) is 2.26. The normalized spacial score (nSPS) is 37.0. The topological polar surface area (TPSA) is 0 Å². The van der Waals surface area contributed by atoms with Crippen molar-refractivity contribution in [3.63, 3.8) is 0 Å². The summed E-state index contributed by atoms with van der Waals surface area (Å²) in [6.07, 6.45) is 2.05. The predicted molar refractivity (Wildman–Crippen MR) is 31.8 cm³/mol. The molecule has 0 N–H and O–H groups in total. The van der Waals surface area contributed by atoms with Crippen molar-refractivity contribution in [1.29, 1.82) is 0 Å². The van der Waals surface area contributed by atoms with Gasteiger partial charge in [-0.3, -0.25) is 0 Å². The Kier molecular flexibility index (Phi) is 0.656. The molecule has 38 valence electrons. The van der Waals surface area contributed by atoms with Crippen LogP contribution in [0.15, 0.2) is 0 Å². The van der Waals surface area contributed by atoms with Crippen molar-refractivity contribution >= 4 is 0 Å². The summed E-state index contributed by atoms with van der Waals surface area (Å²) in [4.78, 5) is 0. The van der Waals surface area contributed by atoms with Crippen LogP contribution in [-0.2, 0) is 0 Å². The average molecular weight is 102 g/mol. The molecule has 0 radical (unpaired) electrons. The smallest absolute Gasteiger partial charge is 0.0459 e. The van der Waals surface area contributed by atoms with E-state index in [1.54, 1.807) is 0 Å². The molecular formula is C8H6. The largest absolute Gasteiger partial charge is 0.102 e. The van der Waals surface area contributed by atoms with Gasteiger partial charge in [0.05, 0.1) is 0 Å². The van der Waals surface area contributed by atoms with Crippen molar-refractivity contribution < 1.29 is 0 Å². The van der Waals surface area contributed by atoms with Crippen LogP contribution in [0.4, 0.5) is 0 Å². The highest BCUT2D eigenvalue weighted by Crippen LogP contribution is 2.26. The van der Waals surface area contributed by atoms with Gasteiger partial charge in [-0.1, -0.05) is 11.8 Å². The van der Waals surface area contributed by atoms with E-state index in [4.69, 9.17) is 0 Å². The first-order valence-electron chi connectivity index (χ1n) is 2.93. The van der Waals surface area contributed by atoms with Crippen molar-refractivity contribution in [3.8, 4) is 23.7 Å². The third kappa shape index (κ3) is 0.380. The Morgan fingerprint density at radius 2 is 1.38 bits per heavy atom. The van der Waals surface area contributed by atoms with Gasteiger partial charge in [-0.25, -0.2) is 0 Å². The van der Waals surface area contributed by atoms with E-state index in [0.717, 1.165) is 12.8 Å². The molecule has 0 amide bonds. The van der Waals surface area contributed by atoms with Gasteiger partial charge in [0.25, 0.3) is 0 Å². The zero-order valence-electron chi connectivity index (χ0n) is 4.57. The third-order valence-corrected chi connectivity index (χ3v) is 1.71. The molecule has 0 saturated heterocycles. The highest BCUT2D eigenvalue weighted by atomic mass is 14.2. The van der Waals surface area contributed by atoms with Crippen LogP contribution >= 0.6 is 0 Å². The highest BCUT2D eigenvalue weighted by Gasteiger charge is 2.23. The van der Waals surface area contributed by atoms with E-state index in [1.165, 1.54) is 0 Å². The molecule has 2 unspecified atom stereocenters. The quantitative estimate of drug-likeness (QED) is 0.401. The lowest BCUT2D eigenvalue weighted by Crippen LogP contribution is -2.20. The molecule has 0 nitrogen and oxygen atoms in total. The summed E-state index contributed by atoms with van der Waals surface area (Å²) in [5.74, 6) is 13.6. The number of fused-ring (bicyclic) bond motifs is 1. The maximum Gasteiger partial charge on any atom is 0.0459 e. The van der Waals surface area contributed by atoms with Gasteiger partial charge in [-0.2, -0.15) is 0 Å². The van der Waals surface area contributed by atoms with Crippen molar-refractivity contribution in [2.24, 2.45) is 11.8 Å². The molecule has 0 bridgehead atoms. The fourth-order valence-corrected chi connectivity index (χ4v) is 1.07. The molecule has 0 heterocycles. The monoisotopic (exact) mass is 102 g/mol. The Bertz CT molecular complexity index is 190. The zero-order valence-corrected chi connectivity index (χ0v) is 4.57. The molecule has 2 atom stereocenters. The molecule has 0 aliphatic heterocycles. The maximum atomic E-state index is 3.09. The summed E-state index contributed by atoms with van der Waals surface area (Å²) < 4.78 is 0. The van der Waals surface area contributed by atoms with Crippen LogP contribution in [0.5, 0.6) is 0 Å². The van der Waals surface area contributed by atoms with E-state index in [2.05, 4.69) is 23.7 Å². The lowest BCUT2D eigenvalue weighted by Gasteiger charge is -2.22. The first kappa shape index (κ1) is 4.04. The van der Waals surface area contributed by atoms with Crippen molar-refractivity contribution in [2.45, 2.75) is 12.8 Å². The molecule has 0 spiro atoms. The Morgan fingerprint density at radius 1 is 0.875 bits per heavy atom. The van der Waals surface area contributed by atoms with Gasteiger partial charge >= 0.3 is 0 Å². The van der Waals surface area contributed by atoms with E-state index < -0.39 is 0 Å². The fraction of sp³-hybridized carbons (Fsp3) is 0.500. The number of hydrogen-bond acceptors (Lipinski definition) is 0. The standard InChI is InChI=1S/C8H6/c1-2-4-8-6-5-7(8)3-1/h7-8H,3-4H2. The summed E-state index contributed by atoms with van der Waals surface area (Å²) in [5.41, 5.74) is 0. The predicted octanol–water partition coefficient (Wildman–Crippen LogP) is 1.03. The third-order valence-electron chi connectivity index (χ3n) is 1.71. The summed E-state index contributed by atoms with van der Waals surface area (Å²) in [7, 11) is 0. The highest BCUT2D eigenvalue weighted by molar-refractivity contribution is 5.29. The van der Waals surface area contributed by atoms with Crippen molar-refractivity contribution in [2.75, 3.05) is 0 Å². The maximum absolute atomic E-state index is 3.09. The molecule has 0 saturated carbocycles. The molecule has 0 fully saturated rings. The van der Waals surface area contributed by atoms with Crippen LogP contribution < -0.4 is 0 Å². The Balaban J connectivity index is 2.24. The molecule has 0 aromatic carbocycles. The van der Waals surface area contributed by atoms with E-state index in [0.29, 0.717) is 11.8 Å². The minimum Gasteiger partial charge on any atom is -0.102 e. The van der Waals surface area contributed by atoms with Gasteiger partial charge < -0.3 is 0 Å². The van der Waals surface area contributed by atoms with E-state index in [-0.39, 0.29) is 0 Å². The molecule has 0 aromatic rings. The zero-order chi connectivity index (χ0) is 5.40. The molecular weight excluding hydrogens is 96.1 g/mol. The number of hydrogen-bond donors (Lipinski definition) is 0. The lowest BCUT2D eigenvalue weighted by molar-refractivity contribution is 0.482. The van der Waals surface area contributed by atoms with Gasteiger partial charge in [0.1, 0.15) is 0 Å². The Hall–Kier alpha value is -0.880. The first-order chi connectivity index (χ1) is 3.97. The average Bonchev–Trinajstić information content (AvgIpc) is 1.72. The summed E-state index contributed by atoms with van der Waals surface area (Å²) in [6.45, 7) is 0. The summed E-state index contributed by atoms with van der Waals surface area (Å²) in [6, 6.07) is 0. The van der Waals surface area contributed by atoms with Gasteiger partial charge in [-0.05, 0) is 0 Å². The van der Waals surface area contributed by atoms with Gasteiger partial charge in [0.2, 0.25) is 0 Å². The second-order valence-corrected chi connectivity index (χ2v) is 2.26. The first-order valence-corrected chi connectivity index (χ1v) is 2.93. The fourth-order valence-electron chi connectivity index (χ4n) is 1.07. The SMILES string of the molecule is C1#CCC2C#CC2C1. The molecule has 8 heavy (non-hydrogen) atoms. The number of rotatable bonds is 0. The second kappa shape index (κ2) is 1.30. The minimum atomic E-state index is 0.649. The molecule has 0 aromatic heterocycles. The van der Waals surface area contributed by atoms with E-state index >= 15 is 0 Å². The summed E-state index contributed by atoms with van der Waals surface area (Å²) >= 11 is 0. The molecule has 2 rings (SSSR count). The molecule has 2 aliphatic rings. The molecule has 0 heteroatoms. The lowest BCUT2D eigenvalue weighted by atomic mass is 9.79. The molecule has 2 aliphatic carbocycles. The van der Waals surface area contributed by atoms with Crippen LogP contribution in [0.1, 0.15) is 12.8 Å². The van der Waals surface area contributed by atoms with Crippen LogP contribution in [-0.4, -0.2) is 0 Å². The van der Waals surface area contributed by atoms with Crippen LogP contribution in [0.25, 0.3) is 0 Å². The minimum absolute atomic E-state index is 0.649. The Morgan fingerprint density at radius 3 is 1.62 bits per heavy atom. The van der Waals surface area contributed by atoms with Gasteiger partial charge in [0, 0.05) is 24.7 Å². The van der Waals surface area contributed by atoms with Crippen LogP contribution in [0.3, 0.4) is 0 Å². The van der Waals surface area contributed by atoms with Crippen molar-refractivity contribution in [1.82, 2.24) is 0 Å². The van der Waals surface area contributed by atoms with E-state index in [9.17, 15) is 0 Å². The summed E-state index contributed by atoms with van der Waals surface area (Å²) in [5, 5.41) is 0. The van der Waals surface area contributed by atoms with Gasteiger partial charge in [0.15, 0.2) is 0 Å².